The van der Waals surface area contributed by atoms with E-state index in [1.165, 1.54) is 24.9 Å². The smallest absolute Gasteiger partial charge is 0.340 e. The second kappa shape index (κ2) is 9.68. The van der Waals surface area contributed by atoms with Gasteiger partial charge >= 0.3 is 5.97 Å². The maximum absolute atomic E-state index is 13.5. The van der Waals surface area contributed by atoms with E-state index in [1.807, 2.05) is 19.1 Å². The summed E-state index contributed by atoms with van der Waals surface area (Å²) in [5, 5.41) is 0. The zero-order valence-corrected chi connectivity index (χ0v) is 21.1. The van der Waals surface area contributed by atoms with Crippen LogP contribution in [0.3, 0.4) is 0 Å². The van der Waals surface area contributed by atoms with Crippen LogP contribution in [0, 0.1) is 6.92 Å². The fourth-order valence-electron chi connectivity index (χ4n) is 5.64. The van der Waals surface area contributed by atoms with Crippen LogP contribution in [0.5, 0.6) is 11.5 Å². The summed E-state index contributed by atoms with van der Waals surface area (Å²) in [7, 11) is 3.29. The lowest BCUT2D eigenvalue weighted by Crippen LogP contribution is -2.29. The van der Waals surface area contributed by atoms with Crippen LogP contribution in [0.4, 0.5) is 5.69 Å². The predicted octanol–water partition coefficient (Wildman–Crippen LogP) is 5.87. The number of nitrogens with zero attached hydrogens (tertiary/aromatic N) is 2. The van der Waals surface area contributed by atoms with Gasteiger partial charge in [0.25, 0.3) is 0 Å². The minimum absolute atomic E-state index is 0.287. The molecule has 0 spiro atoms. The number of rotatable bonds is 6. The number of hydrogen-bond donors (Lipinski definition) is 0. The Morgan fingerprint density at radius 2 is 1.71 bits per heavy atom. The number of piperidine rings is 1. The van der Waals surface area contributed by atoms with Crippen molar-refractivity contribution in [3.05, 3.63) is 53.2 Å². The standard InChI is InChI=1S/C29H34N2O4/c1-5-35-29(32)27-26(21-10-9-11-22(16-21)30-13-7-6-8-14-30)19(2)31-15-12-20-17-24(33-3)25(34-4)18-23(20)28(27)31/h9-11,16-18H,5-8,12-15H2,1-4H3. The third-order valence-electron chi connectivity index (χ3n) is 7.33. The summed E-state index contributed by atoms with van der Waals surface area (Å²) in [4.78, 5) is 15.9. The zero-order valence-electron chi connectivity index (χ0n) is 21.1. The number of carbonyl (C=O) groups is 1. The monoisotopic (exact) mass is 474 g/mol. The van der Waals surface area contributed by atoms with Crippen molar-refractivity contribution in [3.63, 3.8) is 0 Å². The summed E-state index contributed by atoms with van der Waals surface area (Å²) in [6, 6.07) is 12.7. The number of fused-ring (bicyclic) bond motifs is 3. The van der Waals surface area contributed by atoms with Crippen molar-refractivity contribution in [1.82, 2.24) is 4.57 Å². The molecule has 0 saturated carbocycles. The first-order valence-electron chi connectivity index (χ1n) is 12.6. The molecule has 0 unspecified atom stereocenters. The van der Waals surface area contributed by atoms with Crippen LogP contribution in [0.25, 0.3) is 22.4 Å². The number of carbonyl (C=O) groups excluding carboxylic acids is 1. The number of aromatic nitrogens is 1. The Hall–Kier alpha value is -3.41. The summed E-state index contributed by atoms with van der Waals surface area (Å²) in [5.41, 5.74) is 7.99. The van der Waals surface area contributed by atoms with Gasteiger partial charge in [0.15, 0.2) is 11.5 Å². The minimum atomic E-state index is -0.287. The number of hydrogen-bond acceptors (Lipinski definition) is 5. The molecule has 6 heteroatoms. The second-order valence-corrected chi connectivity index (χ2v) is 9.27. The number of esters is 1. The van der Waals surface area contributed by atoms with Crippen LogP contribution in [-0.2, 0) is 17.7 Å². The van der Waals surface area contributed by atoms with Gasteiger partial charge in [-0.1, -0.05) is 12.1 Å². The molecule has 184 valence electrons. The Balaban J connectivity index is 1.72. The predicted molar refractivity (Wildman–Crippen MR) is 139 cm³/mol. The molecule has 0 aliphatic carbocycles. The molecule has 3 heterocycles. The van der Waals surface area contributed by atoms with Crippen LogP contribution < -0.4 is 14.4 Å². The quantitative estimate of drug-likeness (QED) is 0.418. The van der Waals surface area contributed by atoms with E-state index in [0.717, 1.165) is 59.7 Å². The molecule has 0 amide bonds. The summed E-state index contributed by atoms with van der Waals surface area (Å²) in [5.74, 6) is 1.07. The third-order valence-corrected chi connectivity index (χ3v) is 7.33. The molecule has 0 radical (unpaired) electrons. The minimum Gasteiger partial charge on any atom is -0.493 e. The Labute approximate surface area is 207 Å². The van der Waals surface area contributed by atoms with Crippen LogP contribution in [0.15, 0.2) is 36.4 Å². The SMILES string of the molecule is CCOC(=O)c1c(-c2cccc(N3CCCCC3)c2)c(C)n2c1-c1cc(OC)c(OC)cc1CC2. The highest BCUT2D eigenvalue weighted by Gasteiger charge is 2.32. The van der Waals surface area contributed by atoms with Gasteiger partial charge < -0.3 is 23.7 Å². The highest BCUT2D eigenvalue weighted by Crippen LogP contribution is 2.45. The largest absolute Gasteiger partial charge is 0.493 e. The Bertz CT molecular complexity index is 1250. The zero-order chi connectivity index (χ0) is 24.5. The molecule has 1 saturated heterocycles. The Morgan fingerprint density at radius 3 is 2.43 bits per heavy atom. The van der Waals surface area contributed by atoms with Crippen molar-refractivity contribution in [2.24, 2.45) is 0 Å². The molecular formula is C29H34N2O4. The lowest BCUT2D eigenvalue weighted by Gasteiger charge is -2.29. The van der Waals surface area contributed by atoms with Crippen LogP contribution >= 0.6 is 0 Å². The average molecular weight is 475 g/mol. The number of benzene rings is 2. The summed E-state index contributed by atoms with van der Waals surface area (Å²) >= 11 is 0. The van der Waals surface area contributed by atoms with Gasteiger partial charge in [-0.15, -0.1) is 0 Å². The molecule has 0 atom stereocenters. The van der Waals surface area contributed by atoms with E-state index in [-0.39, 0.29) is 5.97 Å². The molecule has 2 aliphatic heterocycles. The first-order chi connectivity index (χ1) is 17.1. The average Bonchev–Trinajstić information content (AvgIpc) is 3.21. The van der Waals surface area contributed by atoms with Crippen LogP contribution in [-0.4, -0.2) is 44.5 Å². The van der Waals surface area contributed by atoms with E-state index in [9.17, 15) is 4.79 Å². The van der Waals surface area contributed by atoms with Crippen LogP contribution in [0.2, 0.25) is 0 Å². The summed E-state index contributed by atoms with van der Waals surface area (Å²) in [6.45, 7) is 7.24. The molecule has 0 N–H and O–H groups in total. The molecule has 1 fully saturated rings. The van der Waals surface area contributed by atoms with E-state index < -0.39 is 0 Å². The van der Waals surface area contributed by atoms with Crippen molar-refractivity contribution < 1.29 is 19.0 Å². The van der Waals surface area contributed by atoms with Gasteiger partial charge in [0.1, 0.15) is 0 Å². The van der Waals surface area contributed by atoms with Gasteiger partial charge in [-0.05, 0) is 74.9 Å². The number of methoxy groups -OCH3 is 2. The second-order valence-electron chi connectivity index (χ2n) is 9.27. The first kappa shape index (κ1) is 23.3. The van der Waals surface area contributed by atoms with E-state index >= 15 is 0 Å². The van der Waals surface area contributed by atoms with E-state index in [0.29, 0.717) is 23.7 Å². The van der Waals surface area contributed by atoms with Gasteiger partial charge in [-0.25, -0.2) is 4.79 Å². The van der Waals surface area contributed by atoms with Crippen molar-refractivity contribution >= 4 is 11.7 Å². The lowest BCUT2D eigenvalue weighted by atomic mass is 9.93. The summed E-state index contributed by atoms with van der Waals surface area (Å²) < 4.78 is 19.0. The van der Waals surface area contributed by atoms with E-state index in [1.54, 1.807) is 14.2 Å². The lowest BCUT2D eigenvalue weighted by molar-refractivity contribution is 0.0528. The molecule has 0 bridgehead atoms. The molecule has 35 heavy (non-hydrogen) atoms. The van der Waals surface area contributed by atoms with Crippen LogP contribution in [0.1, 0.15) is 47.8 Å². The molecule has 2 aromatic carbocycles. The Kier molecular flexibility index (Phi) is 6.46. The van der Waals surface area contributed by atoms with E-state index in [4.69, 9.17) is 14.2 Å². The maximum Gasteiger partial charge on any atom is 0.340 e. The number of ether oxygens (including phenoxy) is 3. The first-order valence-corrected chi connectivity index (χ1v) is 12.6. The molecular weight excluding hydrogens is 440 g/mol. The topological polar surface area (TPSA) is 52.9 Å². The van der Waals surface area contributed by atoms with Gasteiger partial charge in [0.2, 0.25) is 0 Å². The number of anilines is 1. The van der Waals surface area contributed by atoms with Crippen molar-refractivity contribution in [3.8, 4) is 33.9 Å². The highest BCUT2D eigenvalue weighted by atomic mass is 16.5. The molecule has 5 rings (SSSR count). The van der Waals surface area contributed by atoms with E-state index in [2.05, 4.69) is 40.7 Å². The van der Waals surface area contributed by atoms with Crippen molar-refractivity contribution in [2.75, 3.05) is 38.8 Å². The Morgan fingerprint density at radius 1 is 0.971 bits per heavy atom. The fraction of sp³-hybridized carbons (Fsp3) is 0.414. The normalized spacial score (nSPS) is 14.8. The van der Waals surface area contributed by atoms with Gasteiger partial charge in [-0.2, -0.15) is 0 Å². The van der Waals surface area contributed by atoms with Crippen molar-refractivity contribution in [2.45, 2.75) is 46.1 Å². The number of aryl methyl sites for hydroxylation is 1. The molecule has 2 aliphatic rings. The third kappa shape index (κ3) is 4.05. The van der Waals surface area contributed by atoms with Gasteiger partial charge in [0, 0.05) is 42.1 Å². The highest BCUT2D eigenvalue weighted by molar-refractivity contribution is 6.05. The molecule has 1 aromatic heterocycles. The molecule has 3 aromatic rings. The fourth-order valence-corrected chi connectivity index (χ4v) is 5.64. The van der Waals surface area contributed by atoms with Crippen molar-refractivity contribution in [1.29, 1.82) is 0 Å². The van der Waals surface area contributed by atoms with Gasteiger partial charge in [-0.3, -0.25) is 0 Å². The summed E-state index contributed by atoms with van der Waals surface area (Å²) in [6.07, 6.45) is 4.59. The van der Waals surface area contributed by atoms with Gasteiger partial charge in [0.05, 0.1) is 32.1 Å². The molecule has 6 nitrogen and oxygen atoms in total. The maximum atomic E-state index is 13.5.